The molecule has 0 bridgehead atoms. The molecule has 3 nitrogen and oxygen atoms in total. The Labute approximate surface area is 97.1 Å². The molecule has 3 N–H and O–H groups in total. The molecule has 90 valence electrons. The monoisotopic (exact) mass is 223 g/mol. The van der Waals surface area contributed by atoms with Crippen molar-refractivity contribution in [2.24, 2.45) is 0 Å². The van der Waals surface area contributed by atoms with Crippen molar-refractivity contribution in [2.75, 3.05) is 0 Å². The first-order chi connectivity index (χ1) is 7.35. The molecule has 0 heterocycles. The molecule has 0 aromatic heterocycles. The SMILES string of the molecule is CCC(C)(C)NC(C)c1ccc(O)cc1O. The van der Waals surface area contributed by atoms with Crippen LogP contribution in [0.25, 0.3) is 0 Å². The molecular weight excluding hydrogens is 202 g/mol. The fraction of sp³-hybridized carbons (Fsp3) is 0.538. The number of hydrogen-bond acceptors (Lipinski definition) is 3. The highest BCUT2D eigenvalue weighted by molar-refractivity contribution is 5.40. The van der Waals surface area contributed by atoms with Crippen LogP contribution in [-0.2, 0) is 0 Å². The van der Waals surface area contributed by atoms with Gasteiger partial charge in [-0.3, -0.25) is 0 Å². The molecule has 3 heteroatoms. The average molecular weight is 223 g/mol. The van der Waals surface area contributed by atoms with Crippen LogP contribution < -0.4 is 5.32 Å². The van der Waals surface area contributed by atoms with Gasteiger partial charge in [0.15, 0.2) is 0 Å². The van der Waals surface area contributed by atoms with Gasteiger partial charge in [0.25, 0.3) is 0 Å². The smallest absolute Gasteiger partial charge is 0.124 e. The van der Waals surface area contributed by atoms with Crippen LogP contribution in [0.2, 0.25) is 0 Å². The summed E-state index contributed by atoms with van der Waals surface area (Å²) in [5.74, 6) is 0.218. The Morgan fingerprint density at radius 3 is 2.44 bits per heavy atom. The van der Waals surface area contributed by atoms with Crippen molar-refractivity contribution in [3.8, 4) is 11.5 Å². The van der Waals surface area contributed by atoms with E-state index in [9.17, 15) is 10.2 Å². The second-order valence-corrected chi connectivity index (χ2v) is 4.85. The molecule has 0 fully saturated rings. The zero-order valence-electron chi connectivity index (χ0n) is 10.4. The fourth-order valence-electron chi connectivity index (χ4n) is 1.66. The first-order valence-electron chi connectivity index (χ1n) is 5.65. The second-order valence-electron chi connectivity index (χ2n) is 4.85. The summed E-state index contributed by atoms with van der Waals surface area (Å²) in [6.07, 6.45) is 1.01. The maximum absolute atomic E-state index is 9.73. The third-order valence-corrected chi connectivity index (χ3v) is 2.97. The molecule has 0 aliphatic carbocycles. The summed E-state index contributed by atoms with van der Waals surface area (Å²) >= 11 is 0. The van der Waals surface area contributed by atoms with Crippen LogP contribution in [0.4, 0.5) is 0 Å². The predicted molar refractivity (Wildman–Crippen MR) is 65.7 cm³/mol. The van der Waals surface area contributed by atoms with E-state index in [0.29, 0.717) is 0 Å². The van der Waals surface area contributed by atoms with Crippen LogP contribution in [-0.4, -0.2) is 15.8 Å². The van der Waals surface area contributed by atoms with Crippen molar-refractivity contribution in [3.63, 3.8) is 0 Å². The molecule has 0 aliphatic rings. The van der Waals surface area contributed by atoms with Gasteiger partial charge in [-0.1, -0.05) is 13.0 Å². The normalized spacial score (nSPS) is 13.8. The molecule has 0 spiro atoms. The summed E-state index contributed by atoms with van der Waals surface area (Å²) in [5.41, 5.74) is 0.836. The van der Waals surface area contributed by atoms with E-state index < -0.39 is 0 Å². The molecule has 0 saturated carbocycles. The minimum Gasteiger partial charge on any atom is -0.508 e. The number of hydrogen-bond donors (Lipinski definition) is 3. The number of phenols is 2. The number of rotatable bonds is 4. The van der Waals surface area contributed by atoms with Gasteiger partial charge in [0, 0.05) is 23.2 Å². The molecule has 1 atom stereocenters. The summed E-state index contributed by atoms with van der Waals surface area (Å²) in [4.78, 5) is 0. The van der Waals surface area contributed by atoms with Crippen LogP contribution in [0.15, 0.2) is 18.2 Å². The highest BCUT2D eigenvalue weighted by Crippen LogP contribution is 2.29. The third kappa shape index (κ3) is 3.14. The van der Waals surface area contributed by atoms with E-state index in [0.717, 1.165) is 12.0 Å². The highest BCUT2D eigenvalue weighted by atomic mass is 16.3. The van der Waals surface area contributed by atoms with Crippen molar-refractivity contribution in [1.29, 1.82) is 0 Å². The molecular formula is C13H21NO2. The second kappa shape index (κ2) is 4.74. The summed E-state index contributed by atoms with van der Waals surface area (Å²) in [7, 11) is 0. The Kier molecular flexibility index (Phi) is 3.81. The van der Waals surface area contributed by atoms with Crippen LogP contribution in [0.3, 0.4) is 0 Å². The predicted octanol–water partition coefficient (Wildman–Crippen LogP) is 2.94. The minimum atomic E-state index is 0.0315. The van der Waals surface area contributed by atoms with Gasteiger partial charge in [0.05, 0.1) is 0 Å². The average Bonchev–Trinajstić information content (AvgIpc) is 2.16. The molecule has 1 aromatic rings. The Bertz CT molecular complexity index is 361. The Morgan fingerprint density at radius 2 is 1.94 bits per heavy atom. The van der Waals surface area contributed by atoms with Gasteiger partial charge in [0.2, 0.25) is 0 Å². The lowest BCUT2D eigenvalue weighted by molar-refractivity contribution is 0.331. The van der Waals surface area contributed by atoms with E-state index in [-0.39, 0.29) is 23.1 Å². The van der Waals surface area contributed by atoms with Gasteiger partial charge < -0.3 is 15.5 Å². The lowest BCUT2D eigenvalue weighted by atomic mass is 9.98. The van der Waals surface area contributed by atoms with Gasteiger partial charge in [-0.05, 0) is 33.3 Å². The molecule has 0 radical (unpaired) electrons. The quantitative estimate of drug-likeness (QED) is 0.735. The fourth-order valence-corrected chi connectivity index (χ4v) is 1.66. The number of aromatic hydroxyl groups is 2. The molecule has 0 saturated heterocycles. The van der Waals surface area contributed by atoms with Crippen LogP contribution in [0.5, 0.6) is 11.5 Å². The van der Waals surface area contributed by atoms with Gasteiger partial charge >= 0.3 is 0 Å². The molecule has 1 unspecified atom stereocenters. The van der Waals surface area contributed by atoms with Crippen LogP contribution >= 0.6 is 0 Å². The first kappa shape index (κ1) is 12.8. The van der Waals surface area contributed by atoms with Gasteiger partial charge in [-0.25, -0.2) is 0 Å². The largest absolute Gasteiger partial charge is 0.508 e. The van der Waals surface area contributed by atoms with E-state index >= 15 is 0 Å². The van der Waals surface area contributed by atoms with Gasteiger partial charge in [0.1, 0.15) is 11.5 Å². The minimum absolute atomic E-state index is 0.0315. The van der Waals surface area contributed by atoms with Crippen LogP contribution in [0, 0.1) is 0 Å². The van der Waals surface area contributed by atoms with Gasteiger partial charge in [-0.2, -0.15) is 0 Å². The summed E-state index contributed by atoms with van der Waals surface area (Å²) in [6, 6.07) is 4.75. The van der Waals surface area contributed by atoms with Crippen molar-refractivity contribution in [3.05, 3.63) is 23.8 Å². The Balaban J connectivity index is 2.84. The van der Waals surface area contributed by atoms with Crippen molar-refractivity contribution in [1.82, 2.24) is 5.32 Å². The Morgan fingerprint density at radius 1 is 1.31 bits per heavy atom. The topological polar surface area (TPSA) is 52.5 Å². The molecule has 0 aliphatic heterocycles. The van der Waals surface area contributed by atoms with E-state index in [1.54, 1.807) is 12.1 Å². The summed E-state index contributed by atoms with van der Waals surface area (Å²) in [6.45, 7) is 8.38. The maximum atomic E-state index is 9.73. The zero-order chi connectivity index (χ0) is 12.3. The van der Waals surface area contributed by atoms with E-state index in [2.05, 4.69) is 26.1 Å². The summed E-state index contributed by atoms with van der Waals surface area (Å²) < 4.78 is 0. The van der Waals surface area contributed by atoms with E-state index in [4.69, 9.17) is 0 Å². The van der Waals surface area contributed by atoms with Crippen molar-refractivity contribution < 1.29 is 10.2 Å². The van der Waals surface area contributed by atoms with E-state index in [1.807, 2.05) is 6.92 Å². The molecule has 1 aromatic carbocycles. The zero-order valence-corrected chi connectivity index (χ0v) is 10.4. The maximum Gasteiger partial charge on any atom is 0.124 e. The number of nitrogens with one attached hydrogen (secondary N) is 1. The van der Waals surface area contributed by atoms with Gasteiger partial charge in [-0.15, -0.1) is 0 Å². The summed E-state index contributed by atoms with van der Waals surface area (Å²) in [5, 5.41) is 22.4. The molecule has 0 amide bonds. The molecule has 16 heavy (non-hydrogen) atoms. The number of phenolic OH excluding ortho intramolecular Hbond substituents is 2. The third-order valence-electron chi connectivity index (χ3n) is 2.97. The molecule has 1 rings (SSSR count). The van der Waals surface area contributed by atoms with Crippen LogP contribution in [0.1, 0.15) is 45.7 Å². The lowest BCUT2D eigenvalue weighted by Crippen LogP contribution is -2.40. The first-order valence-corrected chi connectivity index (χ1v) is 5.65. The highest BCUT2D eigenvalue weighted by Gasteiger charge is 2.20. The lowest BCUT2D eigenvalue weighted by Gasteiger charge is -2.29. The van der Waals surface area contributed by atoms with Crippen molar-refractivity contribution in [2.45, 2.75) is 45.7 Å². The Hall–Kier alpha value is -1.22. The number of benzene rings is 1. The van der Waals surface area contributed by atoms with E-state index in [1.165, 1.54) is 6.07 Å². The van der Waals surface area contributed by atoms with Crippen molar-refractivity contribution >= 4 is 0 Å². The standard InChI is InChI=1S/C13H21NO2/c1-5-13(3,4)14-9(2)11-7-6-10(15)8-12(11)16/h6-9,14-16H,5H2,1-4H3.